The van der Waals surface area contributed by atoms with Crippen LogP contribution in [0.25, 0.3) is 11.2 Å². The van der Waals surface area contributed by atoms with Gasteiger partial charge in [-0.25, -0.2) is 28.6 Å². The number of amides is 2. The van der Waals surface area contributed by atoms with Crippen molar-refractivity contribution in [3.63, 3.8) is 0 Å². The highest BCUT2D eigenvalue weighted by molar-refractivity contribution is 8.13. The molecule has 28 heteroatoms. The summed E-state index contributed by atoms with van der Waals surface area (Å²) >= 11 is 1.12. The number of phosphoric ester groups is 3. The van der Waals surface area contributed by atoms with Crippen LogP contribution in [-0.2, 0) is 50.7 Å². The molecule has 1 fully saturated rings. The number of hydrogen-bond acceptors (Lipinski definition) is 18. The number of aliphatic hydroxyl groups excluding tert-OH is 2. The minimum absolute atomic E-state index is 0.0287. The number of phosphoric acid groups is 3. The summed E-state index contributed by atoms with van der Waals surface area (Å²) in [5.74, 6) is -1.07. The van der Waals surface area contributed by atoms with Gasteiger partial charge in [0.15, 0.2) is 22.8 Å². The standard InChI is InChI=1S/C34H54N7O17P3S/c1-4-5-6-7-8-9-10-11-12-13-14-25(43)62-18-17-36-24(42)15-16-37-32(46)29(45)34(2,3)20-55-61(52,53)58-60(50,51)54-19-23-28(57-59(47,48)49)27(44)33(56-23)41-22-40-26-30(35)38-21-39-31(26)41/h4-9,21-23,27-29,33,44-45H,10-20H2,1-3H3,(H,36,42)(H,37,46)(H,50,51)(H,52,53)(H2,35,38,39)(H2,47,48,49)/b5-4+,7-6+,9-8+. The summed E-state index contributed by atoms with van der Waals surface area (Å²) in [7, 11) is -16.4. The Kier molecular flexibility index (Phi) is 21.2. The van der Waals surface area contributed by atoms with Crippen molar-refractivity contribution in [1.29, 1.82) is 0 Å². The number of aromatic nitrogens is 4. The van der Waals surface area contributed by atoms with E-state index < -0.39 is 84.6 Å². The second-order valence-corrected chi connectivity index (χ2v) is 19.6. The predicted molar refractivity (Wildman–Crippen MR) is 223 cm³/mol. The van der Waals surface area contributed by atoms with E-state index in [1.165, 1.54) is 13.8 Å². The first-order chi connectivity index (χ1) is 29.1. The second kappa shape index (κ2) is 24.7. The van der Waals surface area contributed by atoms with Crippen LogP contribution in [0.15, 0.2) is 49.1 Å². The predicted octanol–water partition coefficient (Wildman–Crippen LogP) is 2.30. The van der Waals surface area contributed by atoms with Crippen molar-refractivity contribution in [1.82, 2.24) is 30.2 Å². The number of nitrogens with zero attached hydrogens (tertiary/aromatic N) is 4. The Labute approximate surface area is 361 Å². The Morgan fingerprint density at radius 2 is 1.69 bits per heavy atom. The third-order valence-corrected chi connectivity index (χ3v) is 12.7. The van der Waals surface area contributed by atoms with Crippen LogP contribution in [0, 0.1) is 5.41 Å². The lowest BCUT2D eigenvalue weighted by molar-refractivity contribution is -0.137. The Balaban J connectivity index is 1.38. The molecule has 7 atom stereocenters. The molecule has 3 rings (SSSR count). The van der Waals surface area contributed by atoms with Gasteiger partial charge in [0.1, 0.15) is 36.3 Å². The molecule has 0 radical (unpaired) electrons. The van der Waals surface area contributed by atoms with Gasteiger partial charge in [-0.1, -0.05) is 68.5 Å². The molecule has 2 aromatic heterocycles. The highest BCUT2D eigenvalue weighted by Gasteiger charge is 2.50. The lowest BCUT2D eigenvalue weighted by Gasteiger charge is -2.30. The number of allylic oxidation sites excluding steroid dienone is 6. The van der Waals surface area contributed by atoms with Gasteiger partial charge < -0.3 is 50.9 Å². The zero-order valence-corrected chi connectivity index (χ0v) is 37.6. The SMILES string of the molecule is C/C=C/C=C/C=C/CCCCCC(=O)SCCNC(=O)CCNC(=O)C(O)C(C)(C)COP(=O)(O)OP(=O)(O)OCC1OC(n2cnc3c(N)ncnc32)C(O)C1OP(=O)(O)O. The molecule has 0 bridgehead atoms. The number of fused-ring (bicyclic) bond motifs is 1. The Morgan fingerprint density at radius 1 is 0.984 bits per heavy atom. The number of hydrogen-bond donors (Lipinski definition) is 9. The Morgan fingerprint density at radius 3 is 2.40 bits per heavy atom. The summed E-state index contributed by atoms with van der Waals surface area (Å²) in [5.41, 5.74) is 4.27. The molecule has 0 saturated carbocycles. The van der Waals surface area contributed by atoms with Gasteiger partial charge in [-0.05, 0) is 26.2 Å². The molecular formula is C34H54N7O17P3S. The number of unbranched alkanes of at least 4 members (excludes halogenated alkanes) is 3. The molecule has 1 saturated heterocycles. The van der Waals surface area contributed by atoms with Crippen molar-refractivity contribution < 1.29 is 80.5 Å². The van der Waals surface area contributed by atoms with E-state index in [1.807, 2.05) is 37.3 Å². The molecule has 3 heterocycles. The molecule has 24 nitrogen and oxygen atoms in total. The van der Waals surface area contributed by atoms with Crippen LogP contribution in [0.3, 0.4) is 0 Å². The van der Waals surface area contributed by atoms with Gasteiger partial charge in [-0.2, -0.15) is 4.31 Å². The summed E-state index contributed by atoms with van der Waals surface area (Å²) in [4.78, 5) is 88.0. The van der Waals surface area contributed by atoms with Crippen LogP contribution < -0.4 is 16.4 Å². The number of anilines is 1. The molecule has 2 aromatic rings. The molecule has 2 amide bonds. The number of thioether (sulfide) groups is 1. The number of ether oxygens (including phenoxy) is 1. The Hall–Kier alpha value is -3.22. The maximum Gasteiger partial charge on any atom is 0.481 e. The zero-order chi connectivity index (χ0) is 46.1. The minimum atomic E-state index is -5.57. The number of aliphatic hydroxyl groups is 2. The van der Waals surface area contributed by atoms with Gasteiger partial charge >= 0.3 is 23.5 Å². The van der Waals surface area contributed by atoms with Crippen LogP contribution in [0.5, 0.6) is 0 Å². The van der Waals surface area contributed by atoms with Crippen LogP contribution in [-0.4, -0.2) is 123 Å². The van der Waals surface area contributed by atoms with Crippen LogP contribution in [0.1, 0.15) is 65.5 Å². The number of imidazole rings is 1. The normalized spacial score (nSPS) is 21.1. The number of nitrogen functional groups attached to an aromatic ring is 1. The summed E-state index contributed by atoms with van der Waals surface area (Å²) in [6, 6.07) is 0. The second-order valence-electron chi connectivity index (χ2n) is 14.2. The first kappa shape index (κ1) is 53.1. The van der Waals surface area contributed by atoms with Crippen LogP contribution in [0.4, 0.5) is 5.82 Å². The van der Waals surface area contributed by atoms with Crippen molar-refractivity contribution in [2.45, 2.75) is 89.9 Å². The highest BCUT2D eigenvalue weighted by Crippen LogP contribution is 2.61. The zero-order valence-electron chi connectivity index (χ0n) is 34.1. The van der Waals surface area contributed by atoms with Crippen molar-refractivity contribution in [2.75, 3.05) is 37.8 Å². The topological polar surface area (TPSA) is 364 Å². The summed E-state index contributed by atoms with van der Waals surface area (Å²) in [5, 5.41) is 26.5. The van der Waals surface area contributed by atoms with Gasteiger partial charge in [-0.15, -0.1) is 0 Å². The Bertz CT molecular complexity index is 2050. The van der Waals surface area contributed by atoms with E-state index >= 15 is 0 Å². The largest absolute Gasteiger partial charge is 0.481 e. The monoisotopic (exact) mass is 957 g/mol. The van der Waals surface area contributed by atoms with E-state index in [-0.39, 0.29) is 41.6 Å². The molecule has 0 spiro atoms. The molecule has 7 unspecified atom stereocenters. The number of carbonyl (C=O) groups is 3. The third-order valence-electron chi connectivity index (χ3n) is 8.68. The lowest BCUT2D eigenvalue weighted by atomic mass is 9.87. The average molecular weight is 958 g/mol. The smallest absolute Gasteiger partial charge is 0.386 e. The lowest BCUT2D eigenvalue weighted by Crippen LogP contribution is -2.46. The van der Waals surface area contributed by atoms with Crippen molar-refractivity contribution in [2.24, 2.45) is 5.41 Å². The summed E-state index contributed by atoms with van der Waals surface area (Å²) in [6.07, 6.45) is 8.98. The van der Waals surface area contributed by atoms with Crippen molar-refractivity contribution in [3.05, 3.63) is 49.1 Å². The third kappa shape index (κ3) is 18.1. The number of carbonyl (C=O) groups excluding carboxylic acids is 3. The fraction of sp³-hybridized carbons (Fsp3) is 0.588. The van der Waals surface area contributed by atoms with E-state index in [4.69, 9.17) is 19.5 Å². The molecule has 10 N–H and O–H groups in total. The average Bonchev–Trinajstić information content (AvgIpc) is 3.75. The first-order valence-electron chi connectivity index (χ1n) is 19.0. The molecule has 1 aliphatic rings. The van der Waals surface area contributed by atoms with Crippen molar-refractivity contribution >= 4 is 69.1 Å². The molecule has 0 aromatic carbocycles. The fourth-order valence-corrected chi connectivity index (χ4v) is 9.04. The van der Waals surface area contributed by atoms with E-state index in [9.17, 15) is 57.9 Å². The summed E-state index contributed by atoms with van der Waals surface area (Å²) in [6.45, 7) is 2.46. The van der Waals surface area contributed by atoms with E-state index in [1.54, 1.807) is 0 Å². The van der Waals surface area contributed by atoms with Gasteiger partial charge in [0.05, 0.1) is 19.5 Å². The van der Waals surface area contributed by atoms with Gasteiger partial charge in [0.2, 0.25) is 11.8 Å². The minimum Gasteiger partial charge on any atom is -0.386 e. The maximum absolute atomic E-state index is 12.7. The first-order valence-corrected chi connectivity index (χ1v) is 24.6. The molecular weight excluding hydrogens is 903 g/mol. The van der Waals surface area contributed by atoms with Gasteiger partial charge in [-0.3, -0.25) is 32.5 Å². The van der Waals surface area contributed by atoms with E-state index in [0.29, 0.717) is 12.2 Å². The highest BCUT2D eigenvalue weighted by atomic mass is 32.2. The number of nitrogens with one attached hydrogen (secondary N) is 2. The molecule has 348 valence electrons. The summed E-state index contributed by atoms with van der Waals surface area (Å²) < 4.78 is 62.3. The molecule has 0 aliphatic carbocycles. The number of nitrogens with two attached hydrogens (primary N) is 1. The van der Waals surface area contributed by atoms with E-state index in [0.717, 1.165) is 54.7 Å². The van der Waals surface area contributed by atoms with Crippen LogP contribution in [0.2, 0.25) is 0 Å². The van der Waals surface area contributed by atoms with Crippen molar-refractivity contribution in [3.8, 4) is 0 Å². The molecule has 1 aliphatic heterocycles. The molecule has 62 heavy (non-hydrogen) atoms. The van der Waals surface area contributed by atoms with E-state index in [2.05, 4.69) is 40.5 Å². The quantitative estimate of drug-likeness (QED) is 0.0352. The van der Waals surface area contributed by atoms with Crippen LogP contribution >= 0.6 is 35.2 Å². The number of rotatable bonds is 27. The maximum atomic E-state index is 12.7. The van der Waals surface area contributed by atoms with Gasteiger partial charge in [0.25, 0.3) is 0 Å². The fourth-order valence-electron chi connectivity index (χ4n) is 5.49. The van der Waals surface area contributed by atoms with Gasteiger partial charge in [0, 0.05) is 37.1 Å².